The first kappa shape index (κ1) is 13.3. The van der Waals surface area contributed by atoms with Gasteiger partial charge in [0.15, 0.2) is 0 Å². The molecule has 2 nitrogen and oxygen atoms in total. The first-order valence-electron chi connectivity index (χ1n) is 5.46. The molecule has 0 saturated heterocycles. The summed E-state index contributed by atoms with van der Waals surface area (Å²) < 4.78 is 2.11. The lowest BCUT2D eigenvalue weighted by atomic mass is 10.2. The Balaban J connectivity index is 2.12. The Morgan fingerprint density at radius 1 is 1.06 bits per heavy atom. The summed E-state index contributed by atoms with van der Waals surface area (Å²) in [6.45, 7) is 2.05. The number of halogens is 2. The highest BCUT2D eigenvalue weighted by Crippen LogP contribution is 2.24. The summed E-state index contributed by atoms with van der Waals surface area (Å²) in [5, 5.41) is 4.22. The minimum absolute atomic E-state index is 0.969. The molecule has 0 atom stereocenters. The van der Waals surface area contributed by atoms with Gasteiger partial charge in [-0.1, -0.05) is 50.1 Å². The maximum atomic E-state index is 4.22. The molecule has 2 aromatic rings. The van der Waals surface area contributed by atoms with E-state index < -0.39 is 0 Å². The molecule has 0 saturated carbocycles. The summed E-state index contributed by atoms with van der Waals surface area (Å²) in [6.07, 6.45) is 1.79. The van der Waals surface area contributed by atoms with Crippen LogP contribution in [0.5, 0.6) is 0 Å². The molecule has 0 unspecified atom stereocenters. The normalized spacial score (nSPS) is 10.8. The van der Waals surface area contributed by atoms with E-state index in [4.69, 9.17) is 0 Å². The second kappa shape index (κ2) is 6.16. The maximum Gasteiger partial charge on any atom is 0.0561 e. The van der Waals surface area contributed by atoms with Gasteiger partial charge in [-0.2, -0.15) is 5.10 Å². The molecule has 0 aliphatic carbocycles. The van der Waals surface area contributed by atoms with Crippen LogP contribution in [0.1, 0.15) is 11.1 Å². The van der Waals surface area contributed by atoms with Crippen LogP contribution in [0.15, 0.2) is 56.5 Å². The van der Waals surface area contributed by atoms with Gasteiger partial charge in [0.1, 0.15) is 0 Å². The van der Waals surface area contributed by atoms with E-state index in [9.17, 15) is 0 Å². The van der Waals surface area contributed by atoms with E-state index in [1.54, 1.807) is 6.21 Å². The highest BCUT2D eigenvalue weighted by Gasteiger charge is 2.01. The minimum atomic E-state index is 0.969. The Morgan fingerprint density at radius 3 is 2.50 bits per heavy atom. The number of hydrogen-bond donors (Lipinski definition) is 1. The number of benzene rings is 2. The van der Waals surface area contributed by atoms with Gasteiger partial charge in [-0.15, -0.1) is 0 Å². The highest BCUT2D eigenvalue weighted by molar-refractivity contribution is 9.11. The molecule has 0 spiro atoms. The van der Waals surface area contributed by atoms with Gasteiger partial charge in [-0.25, -0.2) is 0 Å². The molecule has 0 radical (unpaired) electrons. The van der Waals surface area contributed by atoms with E-state index in [-0.39, 0.29) is 0 Å². The fourth-order valence-corrected chi connectivity index (χ4v) is 2.37. The predicted octanol–water partition coefficient (Wildman–Crippen LogP) is 4.97. The molecular formula is C14H12Br2N2. The van der Waals surface area contributed by atoms with Crippen molar-refractivity contribution in [3.8, 4) is 0 Å². The van der Waals surface area contributed by atoms with Crippen LogP contribution < -0.4 is 5.43 Å². The van der Waals surface area contributed by atoms with Crippen LogP contribution in [0, 0.1) is 6.92 Å². The molecule has 0 bridgehead atoms. The van der Waals surface area contributed by atoms with Gasteiger partial charge in [-0.3, -0.25) is 5.43 Å². The van der Waals surface area contributed by atoms with Crippen molar-refractivity contribution < 1.29 is 0 Å². The number of anilines is 1. The molecule has 1 N–H and O–H groups in total. The minimum Gasteiger partial charge on any atom is -0.279 e. The first-order chi connectivity index (χ1) is 8.66. The fourth-order valence-electron chi connectivity index (χ4n) is 1.45. The molecule has 0 fully saturated rings. The summed E-state index contributed by atoms with van der Waals surface area (Å²) in [4.78, 5) is 0. The van der Waals surface area contributed by atoms with Crippen LogP contribution in [0.4, 0.5) is 5.69 Å². The molecule has 0 heterocycles. The summed E-state index contributed by atoms with van der Waals surface area (Å²) >= 11 is 7.04. The van der Waals surface area contributed by atoms with Crippen LogP contribution in [0.3, 0.4) is 0 Å². The largest absolute Gasteiger partial charge is 0.279 e. The molecule has 2 aromatic carbocycles. The van der Waals surface area contributed by atoms with Crippen molar-refractivity contribution >= 4 is 43.8 Å². The molecule has 4 heteroatoms. The SMILES string of the molecule is Cc1cc(Br)c(C=NNc2ccccc2)cc1Br. The zero-order valence-electron chi connectivity index (χ0n) is 9.82. The van der Waals surface area contributed by atoms with Crippen molar-refractivity contribution in [2.75, 3.05) is 5.43 Å². The Kier molecular flexibility index (Phi) is 4.55. The van der Waals surface area contributed by atoms with Gasteiger partial charge < -0.3 is 0 Å². The van der Waals surface area contributed by atoms with Crippen molar-refractivity contribution in [3.63, 3.8) is 0 Å². The molecule has 0 aromatic heterocycles. The molecule has 18 heavy (non-hydrogen) atoms. The average Bonchev–Trinajstić information content (AvgIpc) is 2.37. The number of para-hydroxylation sites is 1. The molecule has 92 valence electrons. The topological polar surface area (TPSA) is 24.4 Å². The van der Waals surface area contributed by atoms with E-state index >= 15 is 0 Å². The van der Waals surface area contributed by atoms with Crippen LogP contribution >= 0.6 is 31.9 Å². The smallest absolute Gasteiger partial charge is 0.0561 e. The zero-order chi connectivity index (χ0) is 13.0. The van der Waals surface area contributed by atoms with Gasteiger partial charge in [0.2, 0.25) is 0 Å². The van der Waals surface area contributed by atoms with Gasteiger partial charge in [0.25, 0.3) is 0 Å². The van der Waals surface area contributed by atoms with E-state index in [1.807, 2.05) is 36.4 Å². The molecule has 0 amide bonds. The lowest BCUT2D eigenvalue weighted by molar-refractivity contribution is 1.34. The number of aryl methyl sites for hydroxylation is 1. The Hall–Kier alpha value is -1.13. The number of nitrogens with zero attached hydrogens (tertiary/aromatic N) is 1. The van der Waals surface area contributed by atoms with Crippen molar-refractivity contribution in [2.24, 2.45) is 5.10 Å². The number of rotatable bonds is 3. The Morgan fingerprint density at radius 2 is 1.78 bits per heavy atom. The lowest BCUT2D eigenvalue weighted by Gasteiger charge is -2.03. The molecule has 0 aliphatic rings. The van der Waals surface area contributed by atoms with Gasteiger partial charge in [-0.05, 0) is 36.8 Å². The summed E-state index contributed by atoms with van der Waals surface area (Å²) in [5.74, 6) is 0. The van der Waals surface area contributed by atoms with Crippen LogP contribution in [-0.4, -0.2) is 6.21 Å². The third-order valence-corrected chi connectivity index (χ3v) is 3.99. The second-order valence-electron chi connectivity index (χ2n) is 3.86. The molecule has 0 aliphatic heterocycles. The first-order valence-corrected chi connectivity index (χ1v) is 7.05. The van der Waals surface area contributed by atoms with Crippen molar-refractivity contribution in [1.82, 2.24) is 0 Å². The Labute approximate surface area is 123 Å². The van der Waals surface area contributed by atoms with E-state index in [1.165, 1.54) is 5.56 Å². The van der Waals surface area contributed by atoms with Gasteiger partial charge in [0, 0.05) is 14.5 Å². The fraction of sp³-hybridized carbons (Fsp3) is 0.0714. The molecule has 2 rings (SSSR count). The summed E-state index contributed by atoms with van der Waals surface area (Å²) in [5.41, 5.74) is 6.17. The van der Waals surface area contributed by atoms with Gasteiger partial charge >= 0.3 is 0 Å². The lowest BCUT2D eigenvalue weighted by Crippen LogP contribution is -1.92. The third kappa shape index (κ3) is 3.43. The van der Waals surface area contributed by atoms with Crippen molar-refractivity contribution in [3.05, 3.63) is 62.5 Å². The van der Waals surface area contributed by atoms with Crippen LogP contribution in [-0.2, 0) is 0 Å². The number of nitrogens with one attached hydrogen (secondary N) is 1. The summed E-state index contributed by atoms with van der Waals surface area (Å²) in [6, 6.07) is 14.0. The van der Waals surface area contributed by atoms with Crippen LogP contribution in [0.2, 0.25) is 0 Å². The maximum absolute atomic E-state index is 4.22. The van der Waals surface area contributed by atoms with Crippen molar-refractivity contribution in [2.45, 2.75) is 6.92 Å². The number of hydrogen-bond acceptors (Lipinski definition) is 2. The third-order valence-electron chi connectivity index (χ3n) is 2.45. The van der Waals surface area contributed by atoms with E-state index in [0.717, 1.165) is 20.2 Å². The zero-order valence-corrected chi connectivity index (χ0v) is 13.0. The molecular weight excluding hydrogens is 356 g/mol. The van der Waals surface area contributed by atoms with E-state index in [0.29, 0.717) is 0 Å². The highest BCUT2D eigenvalue weighted by atomic mass is 79.9. The quantitative estimate of drug-likeness (QED) is 0.601. The predicted molar refractivity (Wildman–Crippen MR) is 84.2 cm³/mol. The summed E-state index contributed by atoms with van der Waals surface area (Å²) in [7, 11) is 0. The Bertz CT molecular complexity index is 566. The average molecular weight is 368 g/mol. The van der Waals surface area contributed by atoms with Crippen molar-refractivity contribution in [1.29, 1.82) is 0 Å². The monoisotopic (exact) mass is 366 g/mol. The number of hydrazone groups is 1. The standard InChI is InChI=1S/C14H12Br2N2/c1-10-7-14(16)11(8-13(10)15)9-17-18-12-5-3-2-4-6-12/h2-9,18H,1H3. The van der Waals surface area contributed by atoms with Crippen LogP contribution in [0.25, 0.3) is 0 Å². The van der Waals surface area contributed by atoms with Gasteiger partial charge in [0.05, 0.1) is 11.9 Å². The second-order valence-corrected chi connectivity index (χ2v) is 5.57. The van der Waals surface area contributed by atoms with E-state index in [2.05, 4.69) is 55.4 Å².